The van der Waals surface area contributed by atoms with E-state index in [1.807, 2.05) is 60.7 Å². The van der Waals surface area contributed by atoms with E-state index in [0.29, 0.717) is 18.8 Å². The molecular weight excluding hydrogens is 344 g/mol. The summed E-state index contributed by atoms with van der Waals surface area (Å²) in [6.45, 7) is 9.31. The van der Waals surface area contributed by atoms with Crippen LogP contribution in [0.5, 0.6) is 5.75 Å². The molecule has 0 saturated carbocycles. The minimum Gasteiger partial charge on any atom is -0.490 e. The molecule has 5 heteroatoms. The molecule has 0 radical (unpaired) electrons. The van der Waals surface area contributed by atoms with Crippen molar-refractivity contribution >= 4 is 11.9 Å². The van der Waals surface area contributed by atoms with Gasteiger partial charge in [-0.1, -0.05) is 61.7 Å². The quantitative estimate of drug-likeness (QED) is 0.399. The van der Waals surface area contributed by atoms with Gasteiger partial charge in [-0.05, 0) is 24.6 Å². The standard InChI is InChI=1S/C11H12O3.C11H12O2/c1-2-11(12)14-9-8-13-10-6-4-3-5-7-10;1-9(2)11(12)13-8-10-6-4-3-5-7-10/h2-7H,1,8-9H2;3-7H,1,8H2,2H3. The number of carbonyl (C=O) groups is 2. The van der Waals surface area contributed by atoms with E-state index < -0.39 is 5.97 Å². The van der Waals surface area contributed by atoms with Crippen LogP contribution in [0, 0.1) is 0 Å². The highest BCUT2D eigenvalue weighted by Crippen LogP contribution is 2.07. The van der Waals surface area contributed by atoms with Crippen molar-refractivity contribution in [1.82, 2.24) is 0 Å². The first-order chi connectivity index (χ1) is 13.0. The van der Waals surface area contributed by atoms with E-state index in [9.17, 15) is 9.59 Å². The topological polar surface area (TPSA) is 61.8 Å². The number of para-hydroxylation sites is 1. The second kappa shape index (κ2) is 12.9. The van der Waals surface area contributed by atoms with Gasteiger partial charge in [-0.3, -0.25) is 0 Å². The molecular formula is C22H24O5. The van der Waals surface area contributed by atoms with Gasteiger partial charge >= 0.3 is 11.9 Å². The Kier molecular flexibility index (Phi) is 10.4. The Labute approximate surface area is 159 Å². The zero-order valence-electron chi connectivity index (χ0n) is 15.4. The number of esters is 2. The Balaban J connectivity index is 0.000000271. The number of hydrogen-bond acceptors (Lipinski definition) is 5. The first-order valence-electron chi connectivity index (χ1n) is 8.36. The van der Waals surface area contributed by atoms with Gasteiger partial charge in [0.25, 0.3) is 0 Å². The van der Waals surface area contributed by atoms with E-state index in [-0.39, 0.29) is 12.6 Å². The molecule has 0 aromatic heterocycles. The zero-order chi connectivity index (χ0) is 19.9. The van der Waals surface area contributed by atoms with Crippen molar-refractivity contribution in [3.63, 3.8) is 0 Å². The second-order valence-electron chi connectivity index (χ2n) is 5.38. The Hall–Kier alpha value is -3.34. The van der Waals surface area contributed by atoms with Gasteiger partial charge in [-0.15, -0.1) is 0 Å². The van der Waals surface area contributed by atoms with Gasteiger partial charge in [-0.25, -0.2) is 9.59 Å². The van der Waals surface area contributed by atoms with Crippen molar-refractivity contribution in [3.8, 4) is 5.75 Å². The van der Waals surface area contributed by atoms with Crippen molar-refractivity contribution in [3.05, 3.63) is 91.0 Å². The van der Waals surface area contributed by atoms with Gasteiger partial charge in [0.05, 0.1) is 0 Å². The Morgan fingerprint density at radius 1 is 0.926 bits per heavy atom. The molecule has 0 aliphatic heterocycles. The smallest absolute Gasteiger partial charge is 0.333 e. The van der Waals surface area contributed by atoms with Crippen LogP contribution in [-0.4, -0.2) is 25.2 Å². The van der Waals surface area contributed by atoms with E-state index in [2.05, 4.69) is 13.2 Å². The van der Waals surface area contributed by atoms with Crippen molar-refractivity contribution in [2.24, 2.45) is 0 Å². The fourth-order valence-electron chi connectivity index (χ4n) is 1.72. The van der Waals surface area contributed by atoms with Crippen LogP contribution in [0.3, 0.4) is 0 Å². The van der Waals surface area contributed by atoms with Crippen LogP contribution < -0.4 is 4.74 Å². The monoisotopic (exact) mass is 368 g/mol. The van der Waals surface area contributed by atoms with Crippen molar-refractivity contribution < 1.29 is 23.8 Å². The molecule has 0 fully saturated rings. The van der Waals surface area contributed by atoms with E-state index in [1.165, 1.54) is 0 Å². The van der Waals surface area contributed by atoms with Crippen LogP contribution in [0.4, 0.5) is 0 Å². The summed E-state index contributed by atoms with van der Waals surface area (Å²) < 4.78 is 15.0. The minimum atomic E-state index is -0.429. The molecule has 0 heterocycles. The SMILES string of the molecule is C=C(C)C(=O)OCc1ccccc1.C=CC(=O)OCCOc1ccccc1. The molecule has 27 heavy (non-hydrogen) atoms. The van der Waals surface area contributed by atoms with Crippen molar-refractivity contribution in [2.45, 2.75) is 13.5 Å². The average Bonchev–Trinajstić information content (AvgIpc) is 2.71. The van der Waals surface area contributed by atoms with E-state index in [4.69, 9.17) is 14.2 Å². The third-order valence-electron chi connectivity index (χ3n) is 3.07. The molecule has 5 nitrogen and oxygen atoms in total. The van der Waals surface area contributed by atoms with Crippen LogP contribution >= 0.6 is 0 Å². The summed E-state index contributed by atoms with van der Waals surface area (Å²) in [5.41, 5.74) is 1.41. The second-order valence-corrected chi connectivity index (χ2v) is 5.38. The number of rotatable bonds is 8. The highest BCUT2D eigenvalue weighted by atomic mass is 16.6. The molecule has 2 aromatic carbocycles. The van der Waals surface area contributed by atoms with Crippen LogP contribution in [0.1, 0.15) is 12.5 Å². The number of benzene rings is 2. The van der Waals surface area contributed by atoms with Crippen LogP contribution in [0.25, 0.3) is 0 Å². The summed E-state index contributed by atoms with van der Waals surface area (Å²) in [6.07, 6.45) is 1.13. The molecule has 0 saturated heterocycles. The molecule has 0 aliphatic rings. The summed E-state index contributed by atoms with van der Waals surface area (Å²) in [6, 6.07) is 18.9. The Bertz CT molecular complexity index is 723. The maximum atomic E-state index is 11.0. The largest absolute Gasteiger partial charge is 0.490 e. The van der Waals surface area contributed by atoms with Crippen LogP contribution in [0.2, 0.25) is 0 Å². The van der Waals surface area contributed by atoms with Crippen molar-refractivity contribution in [1.29, 1.82) is 0 Å². The van der Waals surface area contributed by atoms with Gasteiger partial charge < -0.3 is 14.2 Å². The predicted octanol–water partition coefficient (Wildman–Crippen LogP) is 4.10. The molecule has 0 amide bonds. The fraction of sp³-hybridized carbons (Fsp3) is 0.182. The third kappa shape index (κ3) is 10.3. The number of hydrogen-bond donors (Lipinski definition) is 0. The van der Waals surface area contributed by atoms with E-state index >= 15 is 0 Å². The third-order valence-corrected chi connectivity index (χ3v) is 3.07. The number of ether oxygens (including phenoxy) is 3. The molecule has 0 aliphatic carbocycles. The van der Waals surface area contributed by atoms with Crippen molar-refractivity contribution in [2.75, 3.05) is 13.2 Å². The van der Waals surface area contributed by atoms with Gasteiger partial charge in [0.1, 0.15) is 25.6 Å². The molecule has 142 valence electrons. The molecule has 0 spiro atoms. The normalized spacial score (nSPS) is 9.22. The van der Waals surface area contributed by atoms with Gasteiger partial charge in [0.2, 0.25) is 0 Å². The maximum Gasteiger partial charge on any atom is 0.333 e. The molecule has 0 N–H and O–H groups in total. The summed E-state index contributed by atoms with van der Waals surface area (Å²) >= 11 is 0. The lowest BCUT2D eigenvalue weighted by molar-refractivity contribution is -0.140. The van der Waals surface area contributed by atoms with Gasteiger partial charge in [-0.2, -0.15) is 0 Å². The van der Waals surface area contributed by atoms with E-state index in [0.717, 1.165) is 17.4 Å². The first kappa shape index (κ1) is 21.7. The lowest BCUT2D eigenvalue weighted by atomic mass is 10.2. The van der Waals surface area contributed by atoms with Gasteiger partial charge in [0.15, 0.2) is 0 Å². The fourth-order valence-corrected chi connectivity index (χ4v) is 1.72. The lowest BCUT2D eigenvalue weighted by Gasteiger charge is -2.05. The average molecular weight is 368 g/mol. The predicted molar refractivity (Wildman–Crippen MR) is 104 cm³/mol. The maximum absolute atomic E-state index is 11.0. The molecule has 0 bridgehead atoms. The summed E-state index contributed by atoms with van der Waals surface area (Å²) in [5, 5.41) is 0. The summed E-state index contributed by atoms with van der Waals surface area (Å²) in [4.78, 5) is 21.6. The minimum absolute atomic E-state index is 0.236. The molecule has 0 atom stereocenters. The molecule has 0 unspecified atom stereocenters. The van der Waals surface area contributed by atoms with E-state index in [1.54, 1.807) is 6.92 Å². The highest BCUT2D eigenvalue weighted by Gasteiger charge is 2.02. The summed E-state index contributed by atoms with van der Waals surface area (Å²) in [5.74, 6) is -0.00679. The number of carbonyl (C=O) groups excluding carboxylic acids is 2. The van der Waals surface area contributed by atoms with Crippen LogP contribution in [0.15, 0.2) is 85.5 Å². The zero-order valence-corrected chi connectivity index (χ0v) is 15.4. The Morgan fingerprint density at radius 2 is 1.52 bits per heavy atom. The first-order valence-corrected chi connectivity index (χ1v) is 8.36. The highest BCUT2D eigenvalue weighted by molar-refractivity contribution is 5.86. The molecule has 2 aromatic rings. The molecule has 2 rings (SSSR count). The lowest BCUT2D eigenvalue weighted by Crippen LogP contribution is -2.09. The van der Waals surface area contributed by atoms with Crippen LogP contribution in [-0.2, 0) is 25.7 Å². The Morgan fingerprint density at radius 3 is 2.07 bits per heavy atom. The summed E-state index contributed by atoms with van der Waals surface area (Å²) in [7, 11) is 0. The van der Waals surface area contributed by atoms with Gasteiger partial charge in [0, 0.05) is 11.6 Å².